The van der Waals surface area contributed by atoms with Crippen LogP contribution in [-0.4, -0.2) is 39.3 Å². The minimum Gasteiger partial charge on any atom is -0.497 e. The number of piperidine rings is 1. The zero-order valence-corrected chi connectivity index (χ0v) is 16.3. The Morgan fingerprint density at radius 2 is 2.07 bits per heavy atom. The number of carbonyl (C=O) groups is 1. The Morgan fingerprint density at radius 3 is 2.81 bits per heavy atom. The maximum atomic E-state index is 12.8. The van der Waals surface area contributed by atoms with Gasteiger partial charge in [-0.3, -0.25) is 4.79 Å². The van der Waals surface area contributed by atoms with E-state index in [2.05, 4.69) is 16.3 Å². The second kappa shape index (κ2) is 8.39. The van der Waals surface area contributed by atoms with E-state index in [1.54, 1.807) is 19.2 Å². The first-order valence-electron chi connectivity index (χ1n) is 8.84. The lowest BCUT2D eigenvalue weighted by atomic mass is 10.0. The summed E-state index contributed by atoms with van der Waals surface area (Å²) in [5.41, 5.74) is 7.65. The number of anilines is 2. The van der Waals surface area contributed by atoms with Gasteiger partial charge < -0.3 is 25.4 Å². The van der Waals surface area contributed by atoms with Crippen molar-refractivity contribution >= 4 is 28.9 Å². The van der Waals surface area contributed by atoms with Gasteiger partial charge in [0.15, 0.2) is 0 Å². The largest absolute Gasteiger partial charge is 0.497 e. The molecular formula is C20H24ClN3O3. The highest BCUT2D eigenvalue weighted by molar-refractivity contribution is 6.33. The summed E-state index contributed by atoms with van der Waals surface area (Å²) in [7, 11) is 3.16. The van der Waals surface area contributed by atoms with Crippen LogP contribution >= 0.6 is 11.6 Å². The zero-order valence-electron chi connectivity index (χ0n) is 15.5. The van der Waals surface area contributed by atoms with Gasteiger partial charge >= 0.3 is 0 Å². The van der Waals surface area contributed by atoms with E-state index >= 15 is 0 Å². The predicted molar refractivity (Wildman–Crippen MR) is 108 cm³/mol. The fraction of sp³-hybridized carbons (Fsp3) is 0.350. The van der Waals surface area contributed by atoms with Crippen molar-refractivity contribution in [3.8, 4) is 11.5 Å². The van der Waals surface area contributed by atoms with Crippen molar-refractivity contribution in [2.45, 2.75) is 18.9 Å². The van der Waals surface area contributed by atoms with Crippen LogP contribution in [-0.2, 0) is 0 Å². The molecule has 144 valence electrons. The summed E-state index contributed by atoms with van der Waals surface area (Å²) in [5, 5.41) is 3.43. The number of hydrogen-bond donors (Lipinski definition) is 2. The molecule has 1 atom stereocenters. The second-order valence-electron chi connectivity index (χ2n) is 6.53. The average Bonchev–Trinajstić information content (AvgIpc) is 2.69. The number of methoxy groups -OCH3 is 2. The Balaban J connectivity index is 1.72. The highest BCUT2D eigenvalue weighted by atomic mass is 35.5. The van der Waals surface area contributed by atoms with E-state index in [0.29, 0.717) is 22.0 Å². The summed E-state index contributed by atoms with van der Waals surface area (Å²) in [4.78, 5) is 15.0. The number of nitrogens with two attached hydrogens (primary N) is 1. The van der Waals surface area contributed by atoms with Crippen LogP contribution < -0.4 is 25.4 Å². The number of nitrogens with zero attached hydrogens (tertiary/aromatic N) is 1. The number of ether oxygens (including phenoxy) is 2. The van der Waals surface area contributed by atoms with Gasteiger partial charge in [0, 0.05) is 37.0 Å². The summed E-state index contributed by atoms with van der Waals surface area (Å²) in [6, 6.07) is 11.1. The number of nitrogen functional groups attached to an aromatic ring is 1. The molecule has 0 bridgehead atoms. The highest BCUT2D eigenvalue weighted by Gasteiger charge is 2.24. The predicted octanol–water partition coefficient (Wildman–Crippen LogP) is 3.34. The molecule has 1 amide bonds. The molecule has 27 heavy (non-hydrogen) atoms. The van der Waals surface area contributed by atoms with Crippen molar-refractivity contribution in [3.05, 3.63) is 47.0 Å². The van der Waals surface area contributed by atoms with Gasteiger partial charge in [-0.05, 0) is 31.0 Å². The molecule has 1 unspecified atom stereocenters. The van der Waals surface area contributed by atoms with Gasteiger partial charge in [-0.1, -0.05) is 17.7 Å². The smallest absolute Gasteiger partial charge is 0.255 e. The van der Waals surface area contributed by atoms with Gasteiger partial charge in [0.25, 0.3) is 5.91 Å². The number of amides is 1. The van der Waals surface area contributed by atoms with Crippen LogP contribution in [0.5, 0.6) is 11.5 Å². The van der Waals surface area contributed by atoms with Crippen LogP contribution in [0.2, 0.25) is 5.02 Å². The third-order valence-corrected chi connectivity index (χ3v) is 5.07. The fourth-order valence-electron chi connectivity index (χ4n) is 3.32. The number of nitrogens with one attached hydrogen (secondary N) is 1. The van der Waals surface area contributed by atoms with E-state index in [1.807, 2.05) is 18.2 Å². The molecule has 1 aliphatic heterocycles. The topological polar surface area (TPSA) is 76.8 Å². The fourth-order valence-corrected chi connectivity index (χ4v) is 3.48. The molecular weight excluding hydrogens is 366 g/mol. The number of benzene rings is 2. The lowest BCUT2D eigenvalue weighted by molar-refractivity contribution is 0.0930. The molecule has 2 aromatic rings. The van der Waals surface area contributed by atoms with E-state index in [9.17, 15) is 4.79 Å². The maximum absolute atomic E-state index is 12.8. The van der Waals surface area contributed by atoms with Crippen LogP contribution in [0.1, 0.15) is 23.2 Å². The van der Waals surface area contributed by atoms with Gasteiger partial charge in [0.1, 0.15) is 11.5 Å². The quantitative estimate of drug-likeness (QED) is 0.767. The normalized spacial score (nSPS) is 16.7. The molecule has 0 aromatic heterocycles. The Morgan fingerprint density at radius 1 is 1.26 bits per heavy atom. The van der Waals surface area contributed by atoms with E-state index < -0.39 is 0 Å². The van der Waals surface area contributed by atoms with Crippen molar-refractivity contribution in [3.63, 3.8) is 0 Å². The van der Waals surface area contributed by atoms with E-state index in [-0.39, 0.29) is 11.9 Å². The maximum Gasteiger partial charge on any atom is 0.255 e. The van der Waals surface area contributed by atoms with Gasteiger partial charge in [0.2, 0.25) is 0 Å². The van der Waals surface area contributed by atoms with Gasteiger partial charge in [-0.15, -0.1) is 0 Å². The average molecular weight is 390 g/mol. The summed E-state index contributed by atoms with van der Waals surface area (Å²) in [6.07, 6.45) is 1.90. The second-order valence-corrected chi connectivity index (χ2v) is 6.94. The van der Waals surface area contributed by atoms with Gasteiger partial charge in [0.05, 0.1) is 30.5 Å². The van der Waals surface area contributed by atoms with E-state index in [1.165, 1.54) is 7.11 Å². The third kappa shape index (κ3) is 4.39. The molecule has 6 nitrogen and oxygen atoms in total. The summed E-state index contributed by atoms with van der Waals surface area (Å²) in [5.74, 6) is 1.01. The van der Waals surface area contributed by atoms with E-state index in [0.717, 1.165) is 37.4 Å². The first-order chi connectivity index (χ1) is 13.0. The standard InChI is InChI=1S/C20H24ClN3O3/c1-26-15-7-3-6-14(9-15)24-8-4-5-13(12-24)23-20(25)16-10-17(21)18(22)11-19(16)27-2/h3,6-7,9-11,13H,4-5,8,12,22H2,1-2H3,(H,23,25). The molecule has 1 saturated heterocycles. The molecule has 1 heterocycles. The highest BCUT2D eigenvalue weighted by Crippen LogP contribution is 2.29. The molecule has 1 fully saturated rings. The van der Waals surface area contributed by atoms with Crippen molar-refractivity contribution < 1.29 is 14.3 Å². The molecule has 2 aromatic carbocycles. The number of halogens is 1. The minimum atomic E-state index is -0.216. The number of hydrogen-bond acceptors (Lipinski definition) is 5. The van der Waals surface area contributed by atoms with Crippen molar-refractivity contribution in [2.75, 3.05) is 37.9 Å². The molecule has 3 rings (SSSR count). The SMILES string of the molecule is COc1cccc(N2CCCC(NC(=O)c3cc(Cl)c(N)cc3OC)C2)c1. The first-order valence-corrected chi connectivity index (χ1v) is 9.22. The lowest BCUT2D eigenvalue weighted by Gasteiger charge is -2.35. The van der Waals surface area contributed by atoms with Crippen LogP contribution in [0.15, 0.2) is 36.4 Å². The van der Waals surface area contributed by atoms with Gasteiger partial charge in [-0.2, -0.15) is 0 Å². The number of carbonyl (C=O) groups excluding carboxylic acids is 1. The van der Waals surface area contributed by atoms with Crippen molar-refractivity contribution in [1.29, 1.82) is 0 Å². The lowest BCUT2D eigenvalue weighted by Crippen LogP contribution is -2.47. The Hall–Kier alpha value is -2.60. The first kappa shape index (κ1) is 19.2. The summed E-state index contributed by atoms with van der Waals surface area (Å²) < 4.78 is 10.6. The monoisotopic (exact) mass is 389 g/mol. The zero-order chi connectivity index (χ0) is 19.4. The molecule has 7 heteroatoms. The van der Waals surface area contributed by atoms with Crippen molar-refractivity contribution in [1.82, 2.24) is 5.32 Å². The Bertz CT molecular complexity index is 828. The van der Waals surface area contributed by atoms with E-state index in [4.69, 9.17) is 26.8 Å². The van der Waals surface area contributed by atoms with Crippen LogP contribution in [0, 0.1) is 0 Å². The molecule has 0 saturated carbocycles. The van der Waals surface area contributed by atoms with Crippen LogP contribution in [0.4, 0.5) is 11.4 Å². The number of rotatable bonds is 5. The van der Waals surface area contributed by atoms with Gasteiger partial charge in [-0.25, -0.2) is 0 Å². The minimum absolute atomic E-state index is 0.0264. The molecule has 0 radical (unpaired) electrons. The molecule has 0 spiro atoms. The van der Waals surface area contributed by atoms with Crippen molar-refractivity contribution in [2.24, 2.45) is 0 Å². The Labute approximate surface area is 164 Å². The molecule has 1 aliphatic rings. The summed E-state index contributed by atoms with van der Waals surface area (Å²) >= 11 is 6.08. The molecule has 0 aliphatic carbocycles. The molecule has 3 N–H and O–H groups in total. The Kier molecular flexibility index (Phi) is 5.96. The summed E-state index contributed by atoms with van der Waals surface area (Å²) in [6.45, 7) is 1.67. The third-order valence-electron chi connectivity index (χ3n) is 4.74. The van der Waals surface area contributed by atoms with Crippen LogP contribution in [0.25, 0.3) is 0 Å². The van der Waals surface area contributed by atoms with Crippen LogP contribution in [0.3, 0.4) is 0 Å².